The van der Waals surface area contributed by atoms with E-state index in [1.165, 1.54) is 24.3 Å². The second-order valence-electron chi connectivity index (χ2n) is 5.42. The Labute approximate surface area is 124 Å². The number of ketones is 1. The zero-order chi connectivity index (χ0) is 15.2. The van der Waals surface area contributed by atoms with Crippen LogP contribution in [0.15, 0.2) is 24.3 Å². The number of benzene rings is 1. The van der Waals surface area contributed by atoms with Crippen LogP contribution < -0.4 is 5.32 Å². The van der Waals surface area contributed by atoms with Crippen molar-refractivity contribution in [2.75, 3.05) is 20.1 Å². The maximum atomic E-state index is 12.8. The number of Topliss-reactive ketones (excluding diaryl/α,β-unsaturated/α-hetero) is 1. The van der Waals surface area contributed by atoms with E-state index in [4.69, 9.17) is 0 Å². The van der Waals surface area contributed by atoms with Gasteiger partial charge in [-0.2, -0.15) is 0 Å². The molecule has 1 aliphatic rings. The molecule has 0 spiro atoms. The summed E-state index contributed by atoms with van der Waals surface area (Å²) in [6.45, 7) is 1.85. The van der Waals surface area contributed by atoms with Crippen LogP contribution >= 0.6 is 0 Å². The van der Waals surface area contributed by atoms with Crippen molar-refractivity contribution in [1.82, 2.24) is 10.2 Å². The van der Waals surface area contributed by atoms with Gasteiger partial charge >= 0.3 is 0 Å². The van der Waals surface area contributed by atoms with Crippen molar-refractivity contribution in [2.24, 2.45) is 0 Å². The van der Waals surface area contributed by atoms with E-state index in [1.54, 1.807) is 11.9 Å². The zero-order valence-corrected chi connectivity index (χ0v) is 12.3. The summed E-state index contributed by atoms with van der Waals surface area (Å²) in [4.78, 5) is 25.8. The van der Waals surface area contributed by atoms with Gasteiger partial charge in [-0.25, -0.2) is 4.39 Å². The molecule has 1 heterocycles. The minimum atomic E-state index is -0.367. The van der Waals surface area contributed by atoms with Gasteiger partial charge in [-0.1, -0.05) is 0 Å². The van der Waals surface area contributed by atoms with Gasteiger partial charge in [0.25, 0.3) is 0 Å². The normalized spacial score (nSPS) is 15.7. The Morgan fingerprint density at radius 2 is 1.81 bits per heavy atom. The highest BCUT2D eigenvalue weighted by Crippen LogP contribution is 2.13. The van der Waals surface area contributed by atoms with Crippen molar-refractivity contribution in [1.29, 1.82) is 0 Å². The fourth-order valence-electron chi connectivity index (χ4n) is 2.57. The number of amides is 1. The third kappa shape index (κ3) is 4.36. The maximum absolute atomic E-state index is 12.8. The number of carbonyl (C=O) groups excluding carboxylic acids is 2. The van der Waals surface area contributed by atoms with E-state index in [-0.39, 0.29) is 36.4 Å². The minimum absolute atomic E-state index is 0.00244. The van der Waals surface area contributed by atoms with Gasteiger partial charge in [-0.15, -0.1) is 0 Å². The fourth-order valence-corrected chi connectivity index (χ4v) is 2.57. The van der Waals surface area contributed by atoms with Gasteiger partial charge in [0.05, 0.1) is 0 Å². The van der Waals surface area contributed by atoms with E-state index >= 15 is 0 Å². The number of carbonyl (C=O) groups is 2. The Hall–Kier alpha value is -1.75. The highest BCUT2D eigenvalue weighted by atomic mass is 19.1. The predicted molar refractivity (Wildman–Crippen MR) is 78.6 cm³/mol. The molecule has 0 aromatic heterocycles. The molecule has 1 amide bonds. The average Bonchev–Trinajstić information content (AvgIpc) is 2.53. The maximum Gasteiger partial charge on any atom is 0.223 e. The van der Waals surface area contributed by atoms with Crippen LogP contribution in [-0.4, -0.2) is 42.8 Å². The summed E-state index contributed by atoms with van der Waals surface area (Å²) in [5.41, 5.74) is 0.453. The van der Waals surface area contributed by atoms with Crippen molar-refractivity contribution in [3.63, 3.8) is 0 Å². The van der Waals surface area contributed by atoms with Crippen LogP contribution in [0.5, 0.6) is 0 Å². The molecule has 0 unspecified atom stereocenters. The summed E-state index contributed by atoms with van der Waals surface area (Å²) in [6.07, 6.45) is 2.28. The first-order valence-electron chi connectivity index (χ1n) is 7.33. The molecule has 1 aliphatic heterocycles. The highest BCUT2D eigenvalue weighted by Gasteiger charge is 2.22. The van der Waals surface area contributed by atoms with Crippen LogP contribution in [-0.2, 0) is 4.79 Å². The quantitative estimate of drug-likeness (QED) is 0.845. The third-order valence-corrected chi connectivity index (χ3v) is 3.98. The zero-order valence-electron chi connectivity index (χ0n) is 12.3. The second-order valence-corrected chi connectivity index (χ2v) is 5.42. The van der Waals surface area contributed by atoms with Crippen LogP contribution in [0.3, 0.4) is 0 Å². The molecule has 1 N–H and O–H groups in total. The van der Waals surface area contributed by atoms with Crippen LogP contribution in [0.1, 0.15) is 36.0 Å². The van der Waals surface area contributed by atoms with Crippen molar-refractivity contribution in [3.05, 3.63) is 35.6 Å². The molecule has 2 rings (SSSR count). The van der Waals surface area contributed by atoms with Gasteiger partial charge < -0.3 is 10.2 Å². The van der Waals surface area contributed by atoms with Gasteiger partial charge in [0, 0.05) is 31.5 Å². The number of piperidine rings is 1. The highest BCUT2D eigenvalue weighted by molar-refractivity contribution is 5.97. The van der Waals surface area contributed by atoms with Gasteiger partial charge in [0.1, 0.15) is 5.82 Å². The number of hydrogen-bond acceptors (Lipinski definition) is 3. The summed E-state index contributed by atoms with van der Waals surface area (Å²) in [6, 6.07) is 5.70. The van der Waals surface area contributed by atoms with Crippen LogP contribution in [0.2, 0.25) is 0 Å². The third-order valence-electron chi connectivity index (χ3n) is 3.98. The molecule has 1 aromatic carbocycles. The van der Waals surface area contributed by atoms with E-state index in [1.807, 2.05) is 0 Å². The topological polar surface area (TPSA) is 49.4 Å². The smallest absolute Gasteiger partial charge is 0.223 e. The number of rotatable bonds is 5. The van der Waals surface area contributed by atoms with E-state index < -0.39 is 0 Å². The Bertz CT molecular complexity index is 496. The van der Waals surface area contributed by atoms with Crippen LogP contribution in [0.4, 0.5) is 4.39 Å². The molecule has 114 valence electrons. The molecule has 1 saturated heterocycles. The molecular weight excluding hydrogens is 271 g/mol. The predicted octanol–water partition coefficient (Wildman–Crippen LogP) is 2.00. The van der Waals surface area contributed by atoms with Gasteiger partial charge in [-0.3, -0.25) is 9.59 Å². The van der Waals surface area contributed by atoms with E-state index in [2.05, 4.69) is 5.32 Å². The Balaban J connectivity index is 1.82. The molecule has 0 saturated carbocycles. The Kier molecular flexibility index (Phi) is 5.44. The van der Waals surface area contributed by atoms with Crippen molar-refractivity contribution < 1.29 is 14.0 Å². The van der Waals surface area contributed by atoms with E-state index in [0.717, 1.165) is 25.9 Å². The number of halogens is 1. The van der Waals surface area contributed by atoms with Crippen molar-refractivity contribution >= 4 is 11.7 Å². The second kappa shape index (κ2) is 7.31. The standard InChI is InChI=1S/C16H21FN2O2/c1-19(14-8-10-18-11-9-14)16(21)7-6-15(20)12-2-4-13(17)5-3-12/h2-5,14,18H,6-11H2,1H3. The Morgan fingerprint density at radius 1 is 1.19 bits per heavy atom. The first-order valence-corrected chi connectivity index (χ1v) is 7.33. The molecule has 21 heavy (non-hydrogen) atoms. The summed E-state index contributed by atoms with van der Waals surface area (Å²) in [5, 5.41) is 3.26. The van der Waals surface area contributed by atoms with E-state index in [9.17, 15) is 14.0 Å². The number of hydrogen-bond donors (Lipinski definition) is 1. The Morgan fingerprint density at radius 3 is 2.43 bits per heavy atom. The number of nitrogens with zero attached hydrogens (tertiary/aromatic N) is 1. The molecule has 0 radical (unpaired) electrons. The van der Waals surface area contributed by atoms with Crippen molar-refractivity contribution in [3.8, 4) is 0 Å². The van der Waals surface area contributed by atoms with Gasteiger partial charge in [0.15, 0.2) is 5.78 Å². The molecule has 1 aromatic rings. The van der Waals surface area contributed by atoms with E-state index in [0.29, 0.717) is 5.56 Å². The first-order chi connectivity index (χ1) is 10.1. The van der Waals surface area contributed by atoms with Gasteiger partial charge in [-0.05, 0) is 50.2 Å². The van der Waals surface area contributed by atoms with Crippen LogP contribution in [0.25, 0.3) is 0 Å². The van der Waals surface area contributed by atoms with Crippen LogP contribution in [0, 0.1) is 5.82 Å². The summed E-state index contributed by atoms with van der Waals surface area (Å²) < 4.78 is 12.8. The monoisotopic (exact) mass is 292 g/mol. The van der Waals surface area contributed by atoms with Gasteiger partial charge in [0.2, 0.25) is 5.91 Å². The molecule has 0 aliphatic carbocycles. The average molecular weight is 292 g/mol. The number of nitrogens with one attached hydrogen (secondary N) is 1. The minimum Gasteiger partial charge on any atom is -0.343 e. The molecule has 4 nitrogen and oxygen atoms in total. The first kappa shape index (κ1) is 15.6. The van der Waals surface area contributed by atoms with Crippen molar-refractivity contribution in [2.45, 2.75) is 31.7 Å². The lowest BCUT2D eigenvalue weighted by molar-refractivity contribution is -0.132. The summed E-state index contributed by atoms with van der Waals surface area (Å²) >= 11 is 0. The molecule has 5 heteroatoms. The molecular formula is C16H21FN2O2. The summed E-state index contributed by atoms with van der Waals surface area (Å²) in [5.74, 6) is -0.493. The summed E-state index contributed by atoms with van der Waals surface area (Å²) in [7, 11) is 1.81. The lowest BCUT2D eigenvalue weighted by atomic mass is 10.0. The lowest BCUT2D eigenvalue weighted by Crippen LogP contribution is -2.44. The molecule has 1 fully saturated rings. The lowest BCUT2D eigenvalue weighted by Gasteiger charge is -2.31. The molecule has 0 atom stereocenters. The largest absolute Gasteiger partial charge is 0.343 e. The fraction of sp³-hybridized carbons (Fsp3) is 0.500. The molecule has 0 bridgehead atoms. The SMILES string of the molecule is CN(C(=O)CCC(=O)c1ccc(F)cc1)C1CCNCC1.